The first-order valence-corrected chi connectivity index (χ1v) is 6.15. The van der Waals surface area contributed by atoms with Crippen molar-refractivity contribution >= 4 is 29.1 Å². The minimum Gasteiger partial charge on any atom is -0.370 e. The average molecular weight is 275 g/mol. The summed E-state index contributed by atoms with van der Waals surface area (Å²) in [6.45, 7) is 3.89. The molecule has 1 aromatic carbocycles. The van der Waals surface area contributed by atoms with Crippen LogP contribution in [0, 0.1) is 0 Å². The number of hydrogen-bond donors (Lipinski definition) is 2. The molecule has 2 unspecified atom stereocenters. The number of carbonyl (C=O) groups is 1. The maximum atomic E-state index is 10.8. The van der Waals surface area contributed by atoms with Crippen molar-refractivity contribution in [3.05, 3.63) is 33.8 Å². The van der Waals surface area contributed by atoms with Crippen LogP contribution in [0.25, 0.3) is 0 Å². The lowest BCUT2D eigenvalue weighted by Gasteiger charge is -2.20. The lowest BCUT2D eigenvalue weighted by atomic mass is 10.1. The molecule has 17 heavy (non-hydrogen) atoms. The van der Waals surface area contributed by atoms with Crippen LogP contribution in [-0.2, 0) is 4.79 Å². The standard InChI is InChI=1S/C12H16Cl2N2O/c1-7(5-12(15)17)16-8(2)10-4-3-9(13)6-11(10)14/h3-4,6-8,16H,5H2,1-2H3,(H2,15,17). The Morgan fingerprint density at radius 2 is 2.06 bits per heavy atom. The summed E-state index contributed by atoms with van der Waals surface area (Å²) >= 11 is 11.9. The van der Waals surface area contributed by atoms with Gasteiger partial charge in [0.15, 0.2) is 0 Å². The minimum absolute atomic E-state index is 0.00856. The van der Waals surface area contributed by atoms with Crippen LogP contribution in [0.4, 0.5) is 0 Å². The zero-order valence-corrected chi connectivity index (χ0v) is 11.3. The normalized spacial score (nSPS) is 14.4. The molecule has 0 aliphatic rings. The van der Waals surface area contributed by atoms with Gasteiger partial charge >= 0.3 is 0 Å². The number of halogens is 2. The fourth-order valence-electron chi connectivity index (χ4n) is 1.73. The van der Waals surface area contributed by atoms with Crippen molar-refractivity contribution in [2.24, 2.45) is 5.73 Å². The molecule has 0 aromatic heterocycles. The fraction of sp³-hybridized carbons (Fsp3) is 0.417. The van der Waals surface area contributed by atoms with Gasteiger partial charge in [0.25, 0.3) is 0 Å². The topological polar surface area (TPSA) is 55.1 Å². The van der Waals surface area contributed by atoms with Gasteiger partial charge in [-0.15, -0.1) is 0 Å². The Balaban J connectivity index is 2.69. The molecule has 94 valence electrons. The molecular weight excluding hydrogens is 259 g/mol. The molecule has 2 atom stereocenters. The van der Waals surface area contributed by atoms with Gasteiger partial charge in [0.1, 0.15) is 0 Å². The van der Waals surface area contributed by atoms with E-state index in [1.165, 1.54) is 0 Å². The predicted octanol–water partition coefficient (Wildman–Crippen LogP) is 2.91. The summed E-state index contributed by atoms with van der Waals surface area (Å²) in [6.07, 6.45) is 0.301. The van der Waals surface area contributed by atoms with E-state index in [1.807, 2.05) is 19.9 Å². The van der Waals surface area contributed by atoms with Crippen molar-refractivity contribution in [3.8, 4) is 0 Å². The number of nitrogens with two attached hydrogens (primary N) is 1. The van der Waals surface area contributed by atoms with Gasteiger partial charge in [-0.05, 0) is 31.5 Å². The van der Waals surface area contributed by atoms with Crippen LogP contribution in [0.15, 0.2) is 18.2 Å². The van der Waals surface area contributed by atoms with E-state index >= 15 is 0 Å². The van der Waals surface area contributed by atoms with Crippen LogP contribution in [0.5, 0.6) is 0 Å². The maximum Gasteiger partial charge on any atom is 0.218 e. The zero-order valence-electron chi connectivity index (χ0n) is 9.84. The van der Waals surface area contributed by atoms with Crippen LogP contribution in [0.3, 0.4) is 0 Å². The highest BCUT2D eigenvalue weighted by molar-refractivity contribution is 6.35. The second-order valence-electron chi connectivity index (χ2n) is 4.13. The van der Waals surface area contributed by atoms with Crippen LogP contribution in [0.1, 0.15) is 31.9 Å². The van der Waals surface area contributed by atoms with Crippen LogP contribution >= 0.6 is 23.2 Å². The van der Waals surface area contributed by atoms with Crippen LogP contribution < -0.4 is 11.1 Å². The number of rotatable bonds is 5. The number of primary amides is 1. The second kappa shape index (κ2) is 6.24. The molecule has 1 amide bonds. The SMILES string of the molecule is CC(CC(N)=O)NC(C)c1ccc(Cl)cc1Cl. The summed E-state index contributed by atoms with van der Waals surface area (Å²) < 4.78 is 0. The Labute approximate surface area is 111 Å². The highest BCUT2D eigenvalue weighted by atomic mass is 35.5. The molecule has 0 saturated carbocycles. The summed E-state index contributed by atoms with van der Waals surface area (Å²) in [6, 6.07) is 5.41. The molecule has 3 N–H and O–H groups in total. The Bertz CT molecular complexity index is 409. The molecule has 1 rings (SSSR count). The molecule has 0 saturated heterocycles. The first-order chi connectivity index (χ1) is 7.90. The lowest BCUT2D eigenvalue weighted by Crippen LogP contribution is -2.33. The summed E-state index contributed by atoms with van der Waals surface area (Å²) in [5, 5.41) is 4.48. The minimum atomic E-state index is -0.320. The van der Waals surface area contributed by atoms with E-state index in [1.54, 1.807) is 12.1 Å². The molecule has 0 spiro atoms. The lowest BCUT2D eigenvalue weighted by molar-refractivity contribution is -0.118. The smallest absolute Gasteiger partial charge is 0.218 e. The maximum absolute atomic E-state index is 10.8. The molecule has 0 fully saturated rings. The van der Waals surface area contributed by atoms with E-state index < -0.39 is 0 Å². The third-order valence-electron chi connectivity index (χ3n) is 2.47. The average Bonchev–Trinajstić information content (AvgIpc) is 2.15. The first kappa shape index (κ1) is 14.3. The summed E-state index contributed by atoms with van der Waals surface area (Å²) in [5.41, 5.74) is 6.09. The van der Waals surface area contributed by atoms with Crippen LogP contribution in [-0.4, -0.2) is 11.9 Å². The Kier molecular flexibility index (Phi) is 5.25. The molecule has 0 aliphatic heterocycles. The molecule has 1 aromatic rings. The highest BCUT2D eigenvalue weighted by Gasteiger charge is 2.13. The van der Waals surface area contributed by atoms with Gasteiger partial charge < -0.3 is 11.1 Å². The molecule has 5 heteroatoms. The summed E-state index contributed by atoms with van der Waals surface area (Å²) in [5.74, 6) is -0.320. The van der Waals surface area contributed by atoms with E-state index in [9.17, 15) is 4.79 Å². The number of benzene rings is 1. The second-order valence-corrected chi connectivity index (χ2v) is 4.97. The molecule has 0 radical (unpaired) electrons. The van der Waals surface area contributed by atoms with Gasteiger partial charge in [-0.1, -0.05) is 29.3 Å². The van der Waals surface area contributed by atoms with E-state index in [0.717, 1.165) is 5.56 Å². The largest absolute Gasteiger partial charge is 0.370 e. The van der Waals surface area contributed by atoms with Crippen molar-refractivity contribution in [3.63, 3.8) is 0 Å². The van der Waals surface area contributed by atoms with Crippen LogP contribution in [0.2, 0.25) is 10.0 Å². The quantitative estimate of drug-likeness (QED) is 0.868. The Morgan fingerprint density at radius 3 is 2.59 bits per heavy atom. The highest BCUT2D eigenvalue weighted by Crippen LogP contribution is 2.26. The van der Waals surface area contributed by atoms with Gasteiger partial charge in [-0.25, -0.2) is 0 Å². The zero-order chi connectivity index (χ0) is 13.0. The number of nitrogens with one attached hydrogen (secondary N) is 1. The van der Waals surface area contributed by atoms with Gasteiger partial charge in [0.05, 0.1) is 0 Å². The van der Waals surface area contributed by atoms with Crippen molar-refractivity contribution in [1.29, 1.82) is 0 Å². The number of amides is 1. The predicted molar refractivity (Wildman–Crippen MR) is 71.3 cm³/mol. The Morgan fingerprint density at radius 1 is 1.41 bits per heavy atom. The van der Waals surface area contributed by atoms with Crippen molar-refractivity contribution in [2.45, 2.75) is 32.4 Å². The van der Waals surface area contributed by atoms with E-state index in [2.05, 4.69) is 5.32 Å². The van der Waals surface area contributed by atoms with Crippen molar-refractivity contribution in [2.75, 3.05) is 0 Å². The monoisotopic (exact) mass is 274 g/mol. The molecular formula is C12H16Cl2N2O. The fourth-order valence-corrected chi connectivity index (χ4v) is 2.30. The molecule has 0 heterocycles. The summed E-state index contributed by atoms with van der Waals surface area (Å²) in [4.78, 5) is 10.8. The third-order valence-corrected chi connectivity index (χ3v) is 3.03. The Hall–Kier alpha value is -0.770. The van der Waals surface area contributed by atoms with Gasteiger partial charge in [-0.3, -0.25) is 4.79 Å². The van der Waals surface area contributed by atoms with Gasteiger partial charge in [-0.2, -0.15) is 0 Å². The first-order valence-electron chi connectivity index (χ1n) is 5.39. The molecule has 3 nitrogen and oxygen atoms in total. The van der Waals surface area contributed by atoms with E-state index in [4.69, 9.17) is 28.9 Å². The van der Waals surface area contributed by atoms with Crippen molar-refractivity contribution < 1.29 is 4.79 Å². The van der Waals surface area contributed by atoms with E-state index in [-0.39, 0.29) is 18.0 Å². The van der Waals surface area contributed by atoms with Crippen molar-refractivity contribution in [1.82, 2.24) is 5.32 Å². The van der Waals surface area contributed by atoms with Gasteiger partial charge in [0.2, 0.25) is 5.91 Å². The number of hydrogen-bond acceptors (Lipinski definition) is 2. The molecule has 0 bridgehead atoms. The molecule has 0 aliphatic carbocycles. The van der Waals surface area contributed by atoms with Gasteiger partial charge in [0, 0.05) is 28.5 Å². The summed E-state index contributed by atoms with van der Waals surface area (Å²) in [7, 11) is 0. The number of carbonyl (C=O) groups excluding carboxylic acids is 1. The van der Waals surface area contributed by atoms with E-state index in [0.29, 0.717) is 16.5 Å². The third kappa shape index (κ3) is 4.54.